The van der Waals surface area contributed by atoms with E-state index in [1.54, 1.807) is 6.07 Å². The number of phenolic OH excluding ortho intramolecular Hbond substituents is 1. The molecule has 0 amide bonds. The molecular weight excluding hydrogens is 400 g/mol. The van der Waals surface area contributed by atoms with E-state index in [9.17, 15) is 10.2 Å². The first-order chi connectivity index (χ1) is 15.5. The Morgan fingerprint density at radius 2 is 2.12 bits per heavy atom. The van der Waals surface area contributed by atoms with Crippen molar-refractivity contribution in [1.82, 2.24) is 9.88 Å². The van der Waals surface area contributed by atoms with Crippen molar-refractivity contribution in [1.29, 1.82) is 0 Å². The van der Waals surface area contributed by atoms with Crippen molar-refractivity contribution in [3.63, 3.8) is 0 Å². The second kappa shape index (κ2) is 6.32. The van der Waals surface area contributed by atoms with Gasteiger partial charge in [-0.15, -0.1) is 0 Å². The van der Waals surface area contributed by atoms with Crippen LogP contribution in [0.2, 0.25) is 0 Å². The van der Waals surface area contributed by atoms with Crippen LogP contribution in [-0.2, 0) is 24.7 Å². The van der Waals surface area contributed by atoms with Crippen LogP contribution in [0, 0.1) is 12.8 Å². The van der Waals surface area contributed by atoms with Gasteiger partial charge in [0.15, 0.2) is 17.6 Å². The van der Waals surface area contributed by atoms with Gasteiger partial charge >= 0.3 is 0 Å². The molecule has 2 aliphatic heterocycles. The number of phenols is 1. The zero-order valence-corrected chi connectivity index (χ0v) is 19.2. The predicted molar refractivity (Wildman–Crippen MR) is 122 cm³/mol. The third kappa shape index (κ3) is 2.22. The van der Waals surface area contributed by atoms with Gasteiger partial charge in [-0.1, -0.05) is 19.4 Å². The SMILES string of the molecule is CCCCc1c(C)[nH]c2c1C[C@@]1(O)[C@@H]3Cc4ccc(O)c5c4[C@@]1(CCN3CC1CC1)[C@H]2O5. The molecule has 2 fully saturated rings. The number of benzene rings is 1. The molecule has 1 saturated carbocycles. The van der Waals surface area contributed by atoms with Crippen LogP contribution in [0.1, 0.15) is 78.8 Å². The number of rotatable bonds is 5. The molecule has 32 heavy (non-hydrogen) atoms. The average molecular weight is 435 g/mol. The molecule has 1 aromatic carbocycles. The standard InChI is InChI=1S/C27H34N2O3/c1-3-4-5-18-15(2)28-23-19(18)13-27(31)21-12-17-8-9-20(30)24-22(17)26(27,25(23)32-24)10-11-29(21)14-16-6-7-16/h8-9,16,21,25,28,30-31H,3-7,10-14H2,1-2H3/t21-,25-,26-,27+/m0/s1. The molecule has 0 unspecified atom stereocenters. The summed E-state index contributed by atoms with van der Waals surface area (Å²) < 4.78 is 6.64. The average Bonchev–Trinajstić information content (AvgIpc) is 3.43. The van der Waals surface area contributed by atoms with Gasteiger partial charge in [0.25, 0.3) is 0 Å². The van der Waals surface area contributed by atoms with Crippen molar-refractivity contribution < 1.29 is 14.9 Å². The van der Waals surface area contributed by atoms with E-state index in [0.29, 0.717) is 12.2 Å². The molecular formula is C27H34N2O3. The summed E-state index contributed by atoms with van der Waals surface area (Å²) in [4.78, 5) is 6.30. The van der Waals surface area contributed by atoms with Crippen molar-refractivity contribution >= 4 is 0 Å². The summed E-state index contributed by atoms with van der Waals surface area (Å²) in [6.07, 6.45) is 8.17. The summed E-state index contributed by atoms with van der Waals surface area (Å²) >= 11 is 0. The smallest absolute Gasteiger partial charge is 0.166 e. The number of likely N-dealkylation sites (tertiary alicyclic amines) is 1. The van der Waals surface area contributed by atoms with Crippen LogP contribution in [0.25, 0.3) is 0 Å². The van der Waals surface area contributed by atoms with Crippen molar-refractivity contribution in [3.05, 3.63) is 45.8 Å². The normalized spacial score (nSPS) is 34.2. The summed E-state index contributed by atoms with van der Waals surface area (Å²) in [6.45, 7) is 6.51. The number of nitrogens with one attached hydrogen (secondary N) is 1. The Hall–Kier alpha value is -1.98. The van der Waals surface area contributed by atoms with Crippen molar-refractivity contribution in [3.8, 4) is 11.5 Å². The number of hydrogen-bond acceptors (Lipinski definition) is 4. The second-order valence-electron chi connectivity index (χ2n) is 11.2. The van der Waals surface area contributed by atoms with E-state index in [-0.39, 0.29) is 17.9 Å². The number of piperidine rings is 1. The molecule has 7 rings (SSSR count). The van der Waals surface area contributed by atoms with Crippen molar-refractivity contribution in [2.75, 3.05) is 13.1 Å². The maximum atomic E-state index is 12.8. The molecule has 5 nitrogen and oxygen atoms in total. The van der Waals surface area contributed by atoms with E-state index in [1.807, 2.05) is 0 Å². The van der Waals surface area contributed by atoms with E-state index in [2.05, 4.69) is 29.8 Å². The number of aromatic hydroxyl groups is 1. The van der Waals surface area contributed by atoms with Crippen LogP contribution in [0.3, 0.4) is 0 Å². The Morgan fingerprint density at radius 1 is 1.28 bits per heavy atom. The molecule has 3 aliphatic carbocycles. The van der Waals surface area contributed by atoms with Crippen LogP contribution in [0.15, 0.2) is 12.1 Å². The largest absolute Gasteiger partial charge is 0.504 e. The van der Waals surface area contributed by atoms with Gasteiger partial charge in [0, 0.05) is 30.3 Å². The highest BCUT2D eigenvalue weighted by Gasteiger charge is 2.72. The number of hydrogen-bond donors (Lipinski definition) is 3. The highest BCUT2D eigenvalue weighted by Crippen LogP contribution is 2.69. The Labute approximate surface area is 189 Å². The zero-order chi connectivity index (χ0) is 21.8. The van der Waals surface area contributed by atoms with Gasteiger partial charge in [0.2, 0.25) is 0 Å². The van der Waals surface area contributed by atoms with Crippen LogP contribution in [0.5, 0.6) is 11.5 Å². The third-order valence-corrected chi connectivity index (χ3v) is 9.47. The minimum absolute atomic E-state index is 0.105. The number of fused-ring (bicyclic) bond motifs is 2. The zero-order valence-electron chi connectivity index (χ0n) is 19.2. The third-order valence-electron chi connectivity index (χ3n) is 9.47. The molecule has 170 valence electrons. The van der Waals surface area contributed by atoms with E-state index in [1.165, 1.54) is 35.2 Å². The van der Waals surface area contributed by atoms with Gasteiger partial charge in [-0.05, 0) is 80.7 Å². The van der Waals surface area contributed by atoms with Gasteiger partial charge in [0.05, 0.1) is 16.7 Å². The van der Waals surface area contributed by atoms with Gasteiger partial charge in [-0.25, -0.2) is 0 Å². The molecule has 2 aromatic rings. The highest BCUT2D eigenvalue weighted by molar-refractivity contribution is 5.65. The first-order valence-corrected chi connectivity index (χ1v) is 12.7. The van der Waals surface area contributed by atoms with Crippen LogP contribution >= 0.6 is 0 Å². The molecule has 5 aliphatic rings. The summed E-state index contributed by atoms with van der Waals surface area (Å²) in [5.74, 6) is 1.63. The summed E-state index contributed by atoms with van der Waals surface area (Å²) in [7, 11) is 0. The van der Waals surface area contributed by atoms with Gasteiger partial charge in [0.1, 0.15) is 0 Å². The minimum Gasteiger partial charge on any atom is -0.504 e. The molecule has 3 N–H and O–H groups in total. The first kappa shape index (κ1) is 19.5. The molecule has 2 bridgehead atoms. The van der Waals surface area contributed by atoms with Crippen molar-refractivity contribution in [2.45, 2.75) is 88.4 Å². The first-order valence-electron chi connectivity index (χ1n) is 12.7. The predicted octanol–water partition coefficient (Wildman–Crippen LogP) is 4.07. The minimum atomic E-state index is -0.876. The number of aromatic amines is 1. The molecule has 1 spiro atoms. The molecule has 3 heterocycles. The topological polar surface area (TPSA) is 68.7 Å². The van der Waals surface area contributed by atoms with Gasteiger partial charge < -0.3 is 19.9 Å². The Balaban J connectivity index is 1.45. The van der Waals surface area contributed by atoms with Crippen LogP contribution in [0.4, 0.5) is 0 Å². The number of H-pyrrole nitrogens is 1. The Morgan fingerprint density at radius 3 is 2.91 bits per heavy atom. The summed E-state index contributed by atoms with van der Waals surface area (Å²) in [5, 5.41) is 23.6. The number of aliphatic hydroxyl groups is 1. The lowest BCUT2D eigenvalue weighted by atomic mass is 9.49. The molecule has 4 atom stereocenters. The van der Waals surface area contributed by atoms with Crippen LogP contribution < -0.4 is 4.74 Å². The number of ether oxygens (including phenoxy) is 1. The molecule has 1 aromatic heterocycles. The monoisotopic (exact) mass is 434 g/mol. The maximum absolute atomic E-state index is 12.8. The number of aromatic nitrogens is 1. The lowest BCUT2D eigenvalue weighted by Crippen LogP contribution is -2.74. The number of aryl methyl sites for hydroxylation is 1. The maximum Gasteiger partial charge on any atom is 0.166 e. The van der Waals surface area contributed by atoms with E-state index in [0.717, 1.165) is 62.4 Å². The van der Waals surface area contributed by atoms with Gasteiger partial charge in [-0.3, -0.25) is 4.90 Å². The molecule has 0 radical (unpaired) electrons. The fraction of sp³-hybridized carbons (Fsp3) is 0.630. The summed E-state index contributed by atoms with van der Waals surface area (Å²) in [6, 6.07) is 3.98. The molecule has 5 heteroatoms. The quantitative estimate of drug-likeness (QED) is 0.664. The Bertz CT molecular complexity index is 1120. The lowest BCUT2D eigenvalue weighted by Gasteiger charge is -2.62. The Kier molecular flexibility index (Phi) is 3.85. The fourth-order valence-electron chi connectivity index (χ4n) is 7.80. The van der Waals surface area contributed by atoms with E-state index in [4.69, 9.17) is 4.74 Å². The second-order valence-corrected chi connectivity index (χ2v) is 11.2. The fourth-order valence-corrected chi connectivity index (χ4v) is 7.80. The lowest BCUT2D eigenvalue weighted by molar-refractivity contribution is -0.173. The summed E-state index contributed by atoms with van der Waals surface area (Å²) in [5.41, 5.74) is 6.03. The van der Waals surface area contributed by atoms with Crippen molar-refractivity contribution in [2.24, 2.45) is 5.92 Å². The highest BCUT2D eigenvalue weighted by atomic mass is 16.5. The van der Waals surface area contributed by atoms with E-state index < -0.39 is 11.0 Å². The van der Waals surface area contributed by atoms with Gasteiger partial charge in [-0.2, -0.15) is 0 Å². The number of unbranched alkanes of at least 4 members (excludes halogenated alkanes) is 1. The van der Waals surface area contributed by atoms with Crippen LogP contribution in [-0.4, -0.2) is 44.8 Å². The van der Waals surface area contributed by atoms with E-state index >= 15 is 0 Å². The molecule has 1 saturated heterocycles. The number of nitrogens with zero attached hydrogens (tertiary/aromatic N) is 1.